The molecule has 150 valence electrons. The molecule has 1 saturated heterocycles. The molecular weight excluding hydrogens is 472 g/mol. The summed E-state index contributed by atoms with van der Waals surface area (Å²) in [5, 5.41) is 6.59. The highest BCUT2D eigenvalue weighted by Gasteiger charge is 2.29. The van der Waals surface area contributed by atoms with Crippen molar-refractivity contribution in [3.05, 3.63) is 50.8 Å². The molecule has 0 amide bonds. The molecule has 2 unspecified atom stereocenters. The molecule has 0 radical (unpaired) electrons. The lowest BCUT2D eigenvalue weighted by Gasteiger charge is -2.37. The minimum Gasteiger partial charge on any atom is -0.457 e. The second kappa shape index (κ2) is 8.75. The van der Waals surface area contributed by atoms with Crippen molar-refractivity contribution in [1.82, 2.24) is 10.6 Å². The van der Waals surface area contributed by atoms with Gasteiger partial charge in [0.2, 0.25) is 0 Å². The van der Waals surface area contributed by atoms with Gasteiger partial charge in [-0.05, 0) is 91.7 Å². The van der Waals surface area contributed by atoms with Crippen LogP contribution in [0.3, 0.4) is 0 Å². The maximum atomic E-state index is 13.4. The highest BCUT2D eigenvalue weighted by atomic mass is 127. The Morgan fingerprint density at radius 3 is 2.82 bits per heavy atom. The molecule has 2 atom stereocenters. The number of benzene rings is 2. The number of rotatable bonds is 5. The van der Waals surface area contributed by atoms with Crippen molar-refractivity contribution in [1.29, 1.82) is 0 Å². The van der Waals surface area contributed by atoms with Crippen LogP contribution in [-0.2, 0) is 4.74 Å². The average Bonchev–Trinajstić information content (AvgIpc) is 2.62. The first-order valence-electron chi connectivity index (χ1n) is 9.19. The van der Waals surface area contributed by atoms with Gasteiger partial charge in [0, 0.05) is 13.1 Å². The van der Waals surface area contributed by atoms with Crippen LogP contribution in [0.5, 0.6) is 11.5 Å². The first kappa shape index (κ1) is 21.0. The number of aryl methyl sites for hydroxylation is 2. The van der Waals surface area contributed by atoms with Crippen LogP contribution in [0.4, 0.5) is 10.1 Å². The fourth-order valence-corrected chi connectivity index (χ4v) is 3.54. The molecular formula is C21H25FIN3O2. The van der Waals surface area contributed by atoms with E-state index in [0.29, 0.717) is 15.9 Å². The molecule has 2 N–H and O–H groups in total. The van der Waals surface area contributed by atoms with Crippen LogP contribution >= 0.6 is 22.6 Å². The fraction of sp³-hybridized carbons (Fsp3) is 0.381. The van der Waals surface area contributed by atoms with E-state index in [4.69, 9.17) is 9.47 Å². The van der Waals surface area contributed by atoms with Crippen LogP contribution in [0.2, 0.25) is 0 Å². The third-order valence-electron chi connectivity index (χ3n) is 4.54. The number of morpholine rings is 1. The second-order valence-electron chi connectivity index (χ2n) is 7.27. The lowest BCUT2D eigenvalue weighted by Crippen LogP contribution is -2.58. The maximum absolute atomic E-state index is 13.4. The standard InChI is InChI=1S/C21H25FIN3O2/c1-13-8-20(27-16-5-6-17(22)18(23)9-16)14(2)7-19(13)25-12-26-21(4)11-24-10-15(3)28-21/h5-9,12,15,24H,10-11H2,1-4H3,(H,25,26). The van der Waals surface area contributed by atoms with Crippen LogP contribution in [-0.4, -0.2) is 31.3 Å². The predicted molar refractivity (Wildman–Crippen MR) is 118 cm³/mol. The van der Waals surface area contributed by atoms with E-state index in [1.54, 1.807) is 18.5 Å². The molecule has 1 fully saturated rings. The zero-order valence-electron chi connectivity index (χ0n) is 16.5. The smallest absolute Gasteiger partial charge is 0.149 e. The van der Waals surface area contributed by atoms with Gasteiger partial charge in [-0.25, -0.2) is 9.38 Å². The number of hydrogen-bond donors (Lipinski definition) is 2. The number of ether oxygens (including phenoxy) is 2. The van der Waals surface area contributed by atoms with Gasteiger partial charge in [0.15, 0.2) is 0 Å². The van der Waals surface area contributed by atoms with E-state index < -0.39 is 5.72 Å². The van der Waals surface area contributed by atoms with Crippen molar-refractivity contribution >= 4 is 34.6 Å². The molecule has 1 heterocycles. The predicted octanol–water partition coefficient (Wildman–Crippen LogP) is 4.81. The Hall–Kier alpha value is -1.71. The van der Waals surface area contributed by atoms with Crippen LogP contribution in [0.15, 0.2) is 35.3 Å². The minimum absolute atomic E-state index is 0.148. The first-order chi connectivity index (χ1) is 13.3. The van der Waals surface area contributed by atoms with Gasteiger partial charge in [0.25, 0.3) is 0 Å². The van der Waals surface area contributed by atoms with E-state index in [0.717, 1.165) is 29.1 Å². The van der Waals surface area contributed by atoms with Crippen molar-refractivity contribution in [2.45, 2.75) is 39.5 Å². The van der Waals surface area contributed by atoms with E-state index in [2.05, 4.69) is 15.6 Å². The lowest BCUT2D eigenvalue weighted by atomic mass is 10.1. The summed E-state index contributed by atoms with van der Waals surface area (Å²) in [4.78, 5) is 4.55. The Kier molecular flexibility index (Phi) is 6.57. The molecule has 0 spiro atoms. The Morgan fingerprint density at radius 1 is 1.32 bits per heavy atom. The van der Waals surface area contributed by atoms with Gasteiger partial charge in [-0.15, -0.1) is 0 Å². The van der Waals surface area contributed by atoms with Gasteiger partial charge >= 0.3 is 0 Å². The normalized spacial score (nSPS) is 22.4. The van der Waals surface area contributed by atoms with Gasteiger partial charge in [-0.2, -0.15) is 0 Å². The Bertz CT molecular complexity index is 890. The molecule has 7 heteroatoms. The van der Waals surface area contributed by atoms with Crippen LogP contribution < -0.4 is 15.4 Å². The molecule has 1 aliphatic heterocycles. The molecule has 0 aromatic heterocycles. The van der Waals surface area contributed by atoms with Crippen LogP contribution in [0.1, 0.15) is 25.0 Å². The second-order valence-corrected chi connectivity index (χ2v) is 8.44. The van der Waals surface area contributed by atoms with Gasteiger partial charge in [0.05, 0.1) is 21.7 Å². The summed E-state index contributed by atoms with van der Waals surface area (Å²) in [6, 6.07) is 8.64. The number of nitrogens with one attached hydrogen (secondary N) is 2. The third-order valence-corrected chi connectivity index (χ3v) is 5.37. The highest BCUT2D eigenvalue weighted by Crippen LogP contribution is 2.32. The van der Waals surface area contributed by atoms with E-state index in [1.165, 1.54) is 6.07 Å². The summed E-state index contributed by atoms with van der Waals surface area (Å²) in [6.07, 6.45) is 1.83. The minimum atomic E-state index is -0.479. The quantitative estimate of drug-likeness (QED) is 0.354. The largest absolute Gasteiger partial charge is 0.457 e. The Morgan fingerprint density at radius 2 is 2.11 bits per heavy atom. The maximum Gasteiger partial charge on any atom is 0.149 e. The van der Waals surface area contributed by atoms with E-state index >= 15 is 0 Å². The van der Waals surface area contributed by atoms with Crippen LogP contribution in [0.25, 0.3) is 0 Å². The van der Waals surface area contributed by atoms with Gasteiger partial charge < -0.3 is 20.1 Å². The molecule has 0 aliphatic carbocycles. The highest BCUT2D eigenvalue weighted by molar-refractivity contribution is 14.1. The number of aliphatic imine (C=N–C) groups is 1. The van der Waals surface area contributed by atoms with Crippen molar-refractivity contribution in [2.24, 2.45) is 4.99 Å². The number of hydrogen-bond acceptors (Lipinski definition) is 4. The van der Waals surface area contributed by atoms with Crippen LogP contribution in [0, 0.1) is 23.2 Å². The number of nitrogens with zero attached hydrogens (tertiary/aromatic N) is 1. The summed E-state index contributed by atoms with van der Waals surface area (Å²) in [7, 11) is 0. The van der Waals surface area contributed by atoms with Gasteiger partial charge in [0.1, 0.15) is 23.0 Å². The molecule has 2 aromatic rings. The topological polar surface area (TPSA) is 54.9 Å². The summed E-state index contributed by atoms with van der Waals surface area (Å²) < 4.78 is 25.9. The first-order valence-corrected chi connectivity index (χ1v) is 10.3. The van der Waals surface area contributed by atoms with E-state index in [-0.39, 0.29) is 11.9 Å². The zero-order valence-corrected chi connectivity index (χ0v) is 18.6. The fourth-order valence-electron chi connectivity index (χ4n) is 3.06. The molecule has 1 aliphatic rings. The summed E-state index contributed by atoms with van der Waals surface area (Å²) >= 11 is 1.95. The lowest BCUT2D eigenvalue weighted by molar-refractivity contribution is -0.105. The van der Waals surface area contributed by atoms with E-state index in [1.807, 2.05) is 62.4 Å². The molecule has 0 bridgehead atoms. The Balaban J connectivity index is 1.71. The zero-order chi connectivity index (χ0) is 20.3. The monoisotopic (exact) mass is 497 g/mol. The average molecular weight is 497 g/mol. The van der Waals surface area contributed by atoms with Crippen molar-refractivity contribution in [3.63, 3.8) is 0 Å². The SMILES string of the molecule is Cc1cc(Oc2ccc(F)c(I)c2)c(C)cc1/N=C/NC1(C)CNCC(C)O1. The molecule has 5 nitrogen and oxygen atoms in total. The van der Waals surface area contributed by atoms with E-state index in [9.17, 15) is 4.39 Å². The van der Waals surface area contributed by atoms with Crippen molar-refractivity contribution in [2.75, 3.05) is 13.1 Å². The summed E-state index contributed by atoms with van der Waals surface area (Å²) in [5.74, 6) is 1.08. The molecule has 2 aromatic carbocycles. The van der Waals surface area contributed by atoms with Gasteiger partial charge in [-0.3, -0.25) is 0 Å². The number of halogens is 2. The molecule has 28 heavy (non-hydrogen) atoms. The third kappa shape index (κ3) is 5.21. The summed E-state index contributed by atoms with van der Waals surface area (Å²) in [5.41, 5.74) is 2.31. The van der Waals surface area contributed by atoms with Crippen molar-refractivity contribution < 1.29 is 13.9 Å². The molecule has 3 rings (SSSR count). The van der Waals surface area contributed by atoms with Gasteiger partial charge in [-0.1, -0.05) is 0 Å². The Labute approximate surface area is 178 Å². The molecule has 0 saturated carbocycles. The summed E-state index contributed by atoms with van der Waals surface area (Å²) in [6.45, 7) is 9.55. The van der Waals surface area contributed by atoms with Crippen molar-refractivity contribution in [3.8, 4) is 11.5 Å².